The van der Waals surface area contributed by atoms with Gasteiger partial charge in [-0.1, -0.05) is 6.92 Å². The number of alkyl halides is 2. The molecule has 1 heterocycles. The van der Waals surface area contributed by atoms with Gasteiger partial charge in [0.2, 0.25) is 0 Å². The molecule has 0 amide bonds. The zero-order valence-electron chi connectivity index (χ0n) is 6.52. The van der Waals surface area contributed by atoms with Crippen molar-refractivity contribution in [2.45, 2.75) is 26.3 Å². The molecule has 1 rings (SSSR count). The van der Waals surface area contributed by atoms with Gasteiger partial charge in [-0.3, -0.25) is 4.68 Å². The fraction of sp³-hybridized carbons (Fsp3) is 0.571. The Morgan fingerprint density at radius 2 is 2.33 bits per heavy atom. The van der Waals surface area contributed by atoms with E-state index in [1.165, 1.54) is 4.68 Å². The molecule has 0 aromatic carbocycles. The molecule has 12 heavy (non-hydrogen) atoms. The highest BCUT2D eigenvalue weighted by atomic mass is 79.9. The molecule has 0 N–H and O–H groups in total. The third-order valence-electron chi connectivity index (χ3n) is 1.48. The lowest BCUT2D eigenvalue weighted by Gasteiger charge is -2.04. The molecule has 0 saturated heterocycles. The van der Waals surface area contributed by atoms with Crippen LogP contribution in [-0.4, -0.2) is 16.2 Å². The summed E-state index contributed by atoms with van der Waals surface area (Å²) in [6.45, 7) is 1.53. The van der Waals surface area contributed by atoms with E-state index < -0.39 is 6.43 Å². The Morgan fingerprint density at radius 1 is 1.67 bits per heavy atom. The molecule has 0 spiro atoms. The van der Waals surface area contributed by atoms with Crippen molar-refractivity contribution in [3.8, 4) is 0 Å². The van der Waals surface area contributed by atoms with Crippen LogP contribution in [0.4, 0.5) is 8.78 Å². The van der Waals surface area contributed by atoms with Gasteiger partial charge in [-0.15, -0.1) is 0 Å². The lowest BCUT2D eigenvalue weighted by atomic mass is 10.3. The minimum atomic E-state index is -2.37. The third kappa shape index (κ3) is 2.03. The van der Waals surface area contributed by atoms with Crippen LogP contribution in [0, 0.1) is 6.20 Å². The van der Waals surface area contributed by atoms with E-state index in [-0.39, 0.29) is 6.54 Å². The van der Waals surface area contributed by atoms with E-state index in [2.05, 4.69) is 27.2 Å². The van der Waals surface area contributed by atoms with Crippen LogP contribution in [0.1, 0.15) is 12.6 Å². The van der Waals surface area contributed by atoms with Gasteiger partial charge in [-0.05, 0) is 22.4 Å². The topological polar surface area (TPSA) is 17.8 Å². The first-order valence-electron chi connectivity index (χ1n) is 3.56. The first-order chi connectivity index (χ1) is 5.65. The van der Waals surface area contributed by atoms with Crippen LogP contribution in [0.2, 0.25) is 0 Å². The van der Waals surface area contributed by atoms with E-state index in [1.54, 1.807) is 0 Å². The van der Waals surface area contributed by atoms with Crippen molar-refractivity contribution < 1.29 is 8.78 Å². The molecule has 5 heteroatoms. The largest absolute Gasteiger partial charge is 0.262 e. The molecule has 0 aliphatic heterocycles. The van der Waals surface area contributed by atoms with E-state index in [4.69, 9.17) is 0 Å². The van der Waals surface area contributed by atoms with Gasteiger partial charge in [0.15, 0.2) is 0 Å². The van der Waals surface area contributed by atoms with Crippen molar-refractivity contribution in [2.24, 2.45) is 0 Å². The van der Waals surface area contributed by atoms with Crippen molar-refractivity contribution in [1.82, 2.24) is 9.78 Å². The average Bonchev–Trinajstić information content (AvgIpc) is 2.30. The Hall–Kier alpha value is -0.450. The van der Waals surface area contributed by atoms with Gasteiger partial charge in [0, 0.05) is 0 Å². The molecule has 1 aromatic heterocycles. The van der Waals surface area contributed by atoms with Gasteiger partial charge in [0.1, 0.15) is 12.7 Å². The zero-order chi connectivity index (χ0) is 9.14. The summed E-state index contributed by atoms with van der Waals surface area (Å²) in [6.07, 6.45) is 0.895. The van der Waals surface area contributed by atoms with Gasteiger partial charge >= 0.3 is 0 Å². The van der Waals surface area contributed by atoms with Crippen molar-refractivity contribution >= 4 is 15.9 Å². The maximum Gasteiger partial charge on any atom is 0.257 e. The zero-order valence-corrected chi connectivity index (χ0v) is 8.11. The van der Waals surface area contributed by atoms with Crippen LogP contribution in [0.5, 0.6) is 0 Å². The second-order valence-electron chi connectivity index (χ2n) is 2.30. The SMILES string of the molecule is CCc1c(Br)[c]nn1CC(F)F. The van der Waals surface area contributed by atoms with E-state index in [9.17, 15) is 8.78 Å². The molecule has 1 radical (unpaired) electrons. The summed E-state index contributed by atoms with van der Waals surface area (Å²) < 4.78 is 25.9. The second-order valence-corrected chi connectivity index (χ2v) is 3.09. The summed E-state index contributed by atoms with van der Waals surface area (Å²) in [5, 5.41) is 3.69. The number of hydrogen-bond acceptors (Lipinski definition) is 1. The van der Waals surface area contributed by atoms with E-state index in [0.29, 0.717) is 10.9 Å². The molecule has 0 saturated carbocycles. The third-order valence-corrected chi connectivity index (χ3v) is 2.11. The average molecular weight is 238 g/mol. The Balaban J connectivity index is 2.84. The molecule has 0 unspecified atom stereocenters. The molecule has 0 aliphatic rings. The van der Waals surface area contributed by atoms with Gasteiger partial charge in [-0.25, -0.2) is 8.78 Å². The second kappa shape index (κ2) is 3.98. The Kier molecular flexibility index (Phi) is 3.20. The first kappa shape index (κ1) is 9.64. The molecular weight excluding hydrogens is 230 g/mol. The molecule has 0 atom stereocenters. The Labute approximate surface area is 77.7 Å². The first-order valence-corrected chi connectivity index (χ1v) is 4.35. The quantitative estimate of drug-likeness (QED) is 0.789. The summed E-state index contributed by atoms with van der Waals surface area (Å²) in [5.74, 6) is 0. The minimum Gasteiger partial charge on any atom is -0.262 e. The number of nitrogens with zero attached hydrogens (tertiary/aromatic N) is 2. The van der Waals surface area contributed by atoms with E-state index in [0.717, 1.165) is 5.69 Å². The highest BCUT2D eigenvalue weighted by molar-refractivity contribution is 9.10. The fourth-order valence-electron chi connectivity index (χ4n) is 0.962. The summed E-state index contributed by atoms with van der Waals surface area (Å²) in [4.78, 5) is 0. The van der Waals surface area contributed by atoms with E-state index >= 15 is 0 Å². The van der Waals surface area contributed by atoms with Crippen molar-refractivity contribution in [2.75, 3.05) is 0 Å². The number of hydrogen-bond donors (Lipinski definition) is 0. The van der Waals surface area contributed by atoms with Crippen LogP contribution in [0.3, 0.4) is 0 Å². The lowest BCUT2D eigenvalue weighted by molar-refractivity contribution is 0.120. The molecule has 2 nitrogen and oxygen atoms in total. The minimum absolute atomic E-state index is 0.356. The molecule has 0 bridgehead atoms. The highest BCUT2D eigenvalue weighted by Crippen LogP contribution is 2.16. The molecule has 1 aromatic rings. The number of rotatable bonds is 3. The predicted molar refractivity (Wildman–Crippen MR) is 44.1 cm³/mol. The van der Waals surface area contributed by atoms with Gasteiger partial charge in [0.05, 0.1) is 10.2 Å². The highest BCUT2D eigenvalue weighted by Gasteiger charge is 2.11. The lowest BCUT2D eigenvalue weighted by Crippen LogP contribution is -2.10. The van der Waals surface area contributed by atoms with Gasteiger partial charge in [0.25, 0.3) is 6.43 Å². The van der Waals surface area contributed by atoms with Crippen molar-refractivity contribution in [3.63, 3.8) is 0 Å². The van der Waals surface area contributed by atoms with Crippen LogP contribution >= 0.6 is 15.9 Å². The van der Waals surface area contributed by atoms with E-state index in [1.807, 2.05) is 6.92 Å². The molecule has 67 valence electrons. The summed E-state index contributed by atoms with van der Waals surface area (Å²) >= 11 is 3.18. The van der Waals surface area contributed by atoms with Crippen LogP contribution in [0.15, 0.2) is 4.47 Å². The normalized spacial score (nSPS) is 11.1. The maximum absolute atomic E-state index is 12.0. The van der Waals surface area contributed by atoms with Crippen LogP contribution in [0.25, 0.3) is 0 Å². The van der Waals surface area contributed by atoms with Crippen LogP contribution in [-0.2, 0) is 13.0 Å². The van der Waals surface area contributed by atoms with Crippen molar-refractivity contribution in [1.29, 1.82) is 0 Å². The standard InChI is InChI=1S/C7H8BrF2N2/c1-2-6-5(8)3-11-12(6)4-7(9)10/h7H,2,4H2,1H3. The molecule has 0 aliphatic carbocycles. The Morgan fingerprint density at radius 3 is 2.83 bits per heavy atom. The predicted octanol–water partition coefficient (Wildman–Crippen LogP) is 2.27. The summed E-state index contributed by atoms with van der Waals surface area (Å²) in [7, 11) is 0. The van der Waals surface area contributed by atoms with Gasteiger partial charge in [-0.2, -0.15) is 5.10 Å². The van der Waals surface area contributed by atoms with Crippen LogP contribution < -0.4 is 0 Å². The summed E-state index contributed by atoms with van der Waals surface area (Å²) in [6, 6.07) is 0. The van der Waals surface area contributed by atoms with Crippen molar-refractivity contribution in [3.05, 3.63) is 16.4 Å². The summed E-state index contributed by atoms with van der Waals surface area (Å²) in [5.41, 5.74) is 0.760. The number of halogens is 3. The Bertz CT molecular complexity index is 260. The monoisotopic (exact) mass is 237 g/mol. The number of aromatic nitrogens is 2. The molecule has 0 fully saturated rings. The maximum atomic E-state index is 12.0. The smallest absolute Gasteiger partial charge is 0.257 e. The molecular formula is C7H8BrF2N2. The van der Waals surface area contributed by atoms with Gasteiger partial charge < -0.3 is 0 Å². The fourth-order valence-corrected chi connectivity index (χ4v) is 1.53.